The van der Waals surface area contributed by atoms with Crippen molar-refractivity contribution in [2.45, 2.75) is 69.6 Å². The van der Waals surface area contributed by atoms with Gasteiger partial charge in [0.05, 0.1) is 0 Å². The Morgan fingerprint density at radius 2 is 1.56 bits per heavy atom. The van der Waals surface area contributed by atoms with E-state index in [9.17, 15) is 0 Å². The summed E-state index contributed by atoms with van der Waals surface area (Å²) in [6.07, 6.45) is 8.18. The molecule has 3 rings (SSSR count). The van der Waals surface area contributed by atoms with Crippen molar-refractivity contribution in [1.82, 2.24) is 0 Å². The van der Waals surface area contributed by atoms with Crippen LogP contribution in [0.15, 0.2) is 59.5 Å². The van der Waals surface area contributed by atoms with Crippen LogP contribution in [0.1, 0.15) is 63.5 Å². The molecule has 0 aliphatic heterocycles. The average molecular weight is 353 g/mol. The Balaban J connectivity index is 1.81. The molecule has 1 unspecified atom stereocenters. The number of benzene rings is 2. The second-order valence-corrected chi connectivity index (χ2v) is 9.32. The van der Waals surface area contributed by atoms with Gasteiger partial charge in [0.2, 0.25) is 0 Å². The summed E-state index contributed by atoms with van der Waals surface area (Å²) in [4.78, 5) is 1.44. The first kappa shape index (κ1) is 18.6. The molecule has 0 radical (unpaired) electrons. The highest BCUT2D eigenvalue weighted by Crippen LogP contribution is 2.53. The van der Waals surface area contributed by atoms with Crippen LogP contribution < -0.4 is 0 Å². The van der Waals surface area contributed by atoms with Crippen LogP contribution in [-0.2, 0) is 5.41 Å². The van der Waals surface area contributed by atoms with Gasteiger partial charge in [0.1, 0.15) is 0 Å². The molecule has 1 atom stereocenters. The highest BCUT2D eigenvalue weighted by Gasteiger charge is 2.45. The second kappa shape index (κ2) is 7.99. The lowest BCUT2D eigenvalue weighted by Gasteiger charge is -2.50. The third-order valence-corrected chi connectivity index (χ3v) is 7.83. The van der Waals surface area contributed by atoms with Gasteiger partial charge in [-0.25, -0.2) is 0 Å². The smallest absolute Gasteiger partial charge is 0.0101 e. The van der Waals surface area contributed by atoms with E-state index in [0.29, 0.717) is 5.41 Å². The van der Waals surface area contributed by atoms with Gasteiger partial charge in [0, 0.05) is 4.90 Å². The third-order valence-electron chi connectivity index (χ3n) is 6.65. The summed E-state index contributed by atoms with van der Waals surface area (Å²) in [5.41, 5.74) is 3.60. The monoisotopic (exact) mass is 352 g/mol. The zero-order valence-corrected chi connectivity index (χ0v) is 16.9. The van der Waals surface area contributed by atoms with Crippen LogP contribution in [0.25, 0.3) is 0 Å². The van der Waals surface area contributed by atoms with Gasteiger partial charge in [-0.15, -0.1) is 11.8 Å². The van der Waals surface area contributed by atoms with Crippen molar-refractivity contribution in [3.05, 3.63) is 65.7 Å². The number of hydrogen-bond acceptors (Lipinski definition) is 1. The lowest BCUT2D eigenvalue weighted by Crippen LogP contribution is -2.43. The number of rotatable bonds is 6. The molecule has 2 aromatic rings. The molecule has 134 valence electrons. The van der Waals surface area contributed by atoms with Crippen LogP contribution in [0.2, 0.25) is 0 Å². The molecule has 25 heavy (non-hydrogen) atoms. The second-order valence-electron chi connectivity index (χ2n) is 8.18. The standard InChI is InChI=1S/C24H32S/c1-20-12-8-9-15-22(20)25-19-18-24(3,21-13-6-4-7-14-21)23(2)16-10-5-11-17-23/h4,6-9,12-15H,5,10-11,16-19H2,1-3H3. The highest BCUT2D eigenvalue weighted by molar-refractivity contribution is 7.99. The molecule has 0 heterocycles. The predicted molar refractivity (Wildman–Crippen MR) is 112 cm³/mol. The molecule has 1 saturated carbocycles. The van der Waals surface area contributed by atoms with E-state index in [4.69, 9.17) is 0 Å². The maximum absolute atomic E-state index is 2.55. The van der Waals surface area contributed by atoms with E-state index >= 15 is 0 Å². The van der Waals surface area contributed by atoms with E-state index in [-0.39, 0.29) is 5.41 Å². The summed E-state index contributed by atoms with van der Waals surface area (Å²) in [7, 11) is 0. The van der Waals surface area contributed by atoms with Gasteiger partial charge in [0.15, 0.2) is 0 Å². The molecule has 1 fully saturated rings. The van der Waals surface area contributed by atoms with Crippen molar-refractivity contribution in [3.63, 3.8) is 0 Å². The van der Waals surface area contributed by atoms with Gasteiger partial charge >= 0.3 is 0 Å². The minimum absolute atomic E-state index is 0.254. The molecular weight excluding hydrogens is 320 g/mol. The lowest BCUT2D eigenvalue weighted by atomic mass is 9.55. The molecule has 0 spiro atoms. The van der Waals surface area contributed by atoms with Gasteiger partial charge in [-0.05, 0) is 60.0 Å². The van der Waals surface area contributed by atoms with Crippen LogP contribution >= 0.6 is 11.8 Å². The summed E-state index contributed by atoms with van der Waals surface area (Å²) >= 11 is 2.03. The molecule has 0 amide bonds. The Kier molecular flexibility index (Phi) is 5.94. The van der Waals surface area contributed by atoms with Crippen LogP contribution in [-0.4, -0.2) is 5.75 Å². The summed E-state index contributed by atoms with van der Waals surface area (Å²) < 4.78 is 0. The Morgan fingerprint density at radius 1 is 0.920 bits per heavy atom. The van der Waals surface area contributed by atoms with Crippen LogP contribution in [0.3, 0.4) is 0 Å². The van der Waals surface area contributed by atoms with Crippen molar-refractivity contribution in [1.29, 1.82) is 0 Å². The first-order valence-electron chi connectivity index (χ1n) is 9.79. The summed E-state index contributed by atoms with van der Waals surface area (Å²) in [5.74, 6) is 1.19. The maximum atomic E-state index is 2.55. The van der Waals surface area contributed by atoms with Gasteiger partial charge in [0.25, 0.3) is 0 Å². The largest absolute Gasteiger partial charge is 0.126 e. The molecule has 2 aromatic carbocycles. The fraction of sp³-hybridized carbons (Fsp3) is 0.500. The molecule has 1 aliphatic carbocycles. The average Bonchev–Trinajstić information content (AvgIpc) is 2.64. The molecule has 0 nitrogen and oxygen atoms in total. The molecule has 0 N–H and O–H groups in total. The van der Waals surface area contributed by atoms with Gasteiger partial charge in [-0.3, -0.25) is 0 Å². The maximum Gasteiger partial charge on any atom is 0.0101 e. The molecular formula is C24H32S. The third kappa shape index (κ3) is 3.97. The van der Waals surface area contributed by atoms with Crippen molar-refractivity contribution in [3.8, 4) is 0 Å². The summed E-state index contributed by atoms with van der Waals surface area (Å²) in [5, 5.41) is 0. The normalized spacial score (nSPS) is 19.3. The Labute approximate surface area is 158 Å². The minimum atomic E-state index is 0.254. The Hall–Kier alpha value is -1.21. The number of aryl methyl sites for hydroxylation is 1. The Bertz CT molecular complexity index is 670. The predicted octanol–water partition coefficient (Wildman–Crippen LogP) is 7.41. The van der Waals surface area contributed by atoms with Gasteiger partial charge < -0.3 is 0 Å². The van der Waals surface area contributed by atoms with E-state index < -0.39 is 0 Å². The van der Waals surface area contributed by atoms with Crippen molar-refractivity contribution < 1.29 is 0 Å². The summed E-state index contributed by atoms with van der Waals surface area (Å²) in [6, 6.07) is 20.1. The number of thioether (sulfide) groups is 1. The van der Waals surface area contributed by atoms with Crippen LogP contribution in [0.5, 0.6) is 0 Å². The van der Waals surface area contributed by atoms with Gasteiger partial charge in [-0.2, -0.15) is 0 Å². The minimum Gasteiger partial charge on any atom is -0.126 e. The van der Waals surface area contributed by atoms with E-state index in [1.165, 1.54) is 60.3 Å². The molecule has 0 bridgehead atoms. The van der Waals surface area contributed by atoms with E-state index in [1.807, 2.05) is 11.8 Å². The van der Waals surface area contributed by atoms with Crippen molar-refractivity contribution in [2.75, 3.05) is 5.75 Å². The number of hydrogen-bond donors (Lipinski definition) is 0. The topological polar surface area (TPSA) is 0 Å². The van der Waals surface area contributed by atoms with E-state index in [2.05, 4.69) is 75.4 Å². The molecule has 0 saturated heterocycles. The quantitative estimate of drug-likeness (QED) is 0.488. The van der Waals surface area contributed by atoms with Crippen molar-refractivity contribution >= 4 is 11.8 Å². The molecule has 1 aliphatic rings. The zero-order chi connectivity index (χ0) is 17.8. The summed E-state index contributed by atoms with van der Waals surface area (Å²) in [6.45, 7) is 7.31. The first-order chi connectivity index (χ1) is 12.1. The fourth-order valence-electron chi connectivity index (χ4n) is 4.57. The van der Waals surface area contributed by atoms with Crippen molar-refractivity contribution in [2.24, 2.45) is 5.41 Å². The Morgan fingerprint density at radius 3 is 2.24 bits per heavy atom. The first-order valence-corrected chi connectivity index (χ1v) is 10.8. The molecule has 1 heteroatoms. The SMILES string of the molecule is Cc1ccccc1SCCC(C)(c1ccccc1)C1(C)CCCCC1. The zero-order valence-electron chi connectivity index (χ0n) is 16.1. The van der Waals surface area contributed by atoms with E-state index in [1.54, 1.807) is 0 Å². The lowest BCUT2D eigenvalue weighted by molar-refractivity contribution is 0.0913. The molecule has 0 aromatic heterocycles. The van der Waals surface area contributed by atoms with Gasteiger partial charge in [-0.1, -0.05) is 81.6 Å². The fourth-order valence-corrected chi connectivity index (χ4v) is 5.77. The van der Waals surface area contributed by atoms with E-state index in [0.717, 1.165) is 0 Å². The van der Waals surface area contributed by atoms with Crippen LogP contribution in [0, 0.1) is 12.3 Å². The highest BCUT2D eigenvalue weighted by atomic mass is 32.2. The van der Waals surface area contributed by atoms with Crippen LogP contribution in [0.4, 0.5) is 0 Å².